The third-order valence-corrected chi connectivity index (χ3v) is 2.55. The average Bonchev–Trinajstić information content (AvgIpc) is 2.89. The number of aromatic amines is 1. The minimum atomic E-state index is -0.0696. The third-order valence-electron chi connectivity index (χ3n) is 2.55. The molecule has 0 radical (unpaired) electrons. The molecule has 0 unspecified atom stereocenters. The number of carbonyl (C=O) groups is 1. The Balaban J connectivity index is 2.13. The number of Topliss-reactive ketones (excluding diaryl/α,β-unsaturated/α-hetero) is 1. The van der Waals surface area contributed by atoms with E-state index in [-0.39, 0.29) is 12.2 Å². The molecule has 2 rings (SSSR count). The van der Waals surface area contributed by atoms with E-state index >= 15 is 0 Å². The highest BCUT2D eigenvalue weighted by atomic mass is 16.1. The monoisotopic (exact) mass is 233 g/mol. The zero-order valence-corrected chi connectivity index (χ0v) is 9.68. The molecule has 0 aliphatic heterocycles. The summed E-state index contributed by atoms with van der Waals surface area (Å²) < 4.78 is 1.98. The van der Waals surface area contributed by atoms with Gasteiger partial charge in [0.25, 0.3) is 0 Å². The van der Waals surface area contributed by atoms with Crippen LogP contribution in [0.4, 0.5) is 5.82 Å². The van der Waals surface area contributed by atoms with E-state index in [9.17, 15) is 4.79 Å². The van der Waals surface area contributed by atoms with Crippen LogP contribution in [0, 0.1) is 0 Å². The summed E-state index contributed by atoms with van der Waals surface area (Å²) in [6.07, 6.45) is 6.29. The van der Waals surface area contributed by atoms with E-state index in [1.807, 2.05) is 10.8 Å². The number of nitrogens with zero attached hydrogens (tertiary/aromatic N) is 3. The van der Waals surface area contributed by atoms with Gasteiger partial charge in [0.15, 0.2) is 5.78 Å². The molecule has 2 aromatic rings. The van der Waals surface area contributed by atoms with Crippen LogP contribution in [-0.4, -0.2) is 25.5 Å². The molecule has 0 spiro atoms. The predicted molar refractivity (Wildman–Crippen MR) is 63.6 cm³/mol. The number of imidazole rings is 1. The number of H-pyrrole nitrogens is 1. The Morgan fingerprint density at radius 2 is 2.41 bits per heavy atom. The first-order valence-electron chi connectivity index (χ1n) is 5.54. The zero-order valence-electron chi connectivity index (χ0n) is 9.68. The number of aromatic nitrogens is 4. The lowest BCUT2D eigenvalue weighted by Crippen LogP contribution is -2.11. The second kappa shape index (κ2) is 4.82. The first-order chi connectivity index (χ1) is 8.22. The molecule has 17 heavy (non-hydrogen) atoms. The Morgan fingerprint density at radius 3 is 3.06 bits per heavy atom. The van der Waals surface area contributed by atoms with Crippen LogP contribution < -0.4 is 5.73 Å². The molecular weight excluding hydrogens is 218 g/mol. The standard InChI is InChI=1S/C11H15N5O/c1-2-4-16-5-3-13-10(16)6-9(17)8-7-14-15-11(8)12/h3,5,7H,2,4,6H2,1H3,(H3,12,14,15). The number of carbonyl (C=O) groups excluding carboxylic acids is 1. The van der Waals surface area contributed by atoms with Crippen LogP contribution in [0.15, 0.2) is 18.6 Å². The van der Waals surface area contributed by atoms with Crippen LogP contribution in [0.3, 0.4) is 0 Å². The van der Waals surface area contributed by atoms with Crippen molar-refractivity contribution in [3.8, 4) is 0 Å². The van der Waals surface area contributed by atoms with Gasteiger partial charge in [-0.3, -0.25) is 9.89 Å². The van der Waals surface area contributed by atoms with E-state index in [0.717, 1.165) is 18.8 Å². The van der Waals surface area contributed by atoms with Gasteiger partial charge in [0, 0.05) is 18.9 Å². The van der Waals surface area contributed by atoms with Crippen molar-refractivity contribution in [3.05, 3.63) is 30.0 Å². The van der Waals surface area contributed by atoms with Crippen molar-refractivity contribution in [2.45, 2.75) is 26.3 Å². The minimum Gasteiger partial charge on any atom is -0.383 e. The number of nitrogen functional groups attached to an aromatic ring is 1. The first kappa shape index (κ1) is 11.4. The van der Waals surface area contributed by atoms with Gasteiger partial charge in [-0.05, 0) is 6.42 Å². The summed E-state index contributed by atoms with van der Waals surface area (Å²) in [7, 11) is 0. The lowest BCUT2D eigenvalue weighted by Gasteiger charge is -2.05. The van der Waals surface area contributed by atoms with E-state index in [1.165, 1.54) is 6.20 Å². The normalized spacial score (nSPS) is 10.6. The van der Waals surface area contributed by atoms with Crippen LogP contribution in [0.1, 0.15) is 29.5 Å². The second-order valence-electron chi connectivity index (χ2n) is 3.83. The van der Waals surface area contributed by atoms with Crippen molar-refractivity contribution < 1.29 is 4.79 Å². The van der Waals surface area contributed by atoms with E-state index in [4.69, 9.17) is 5.73 Å². The lowest BCUT2D eigenvalue weighted by atomic mass is 10.1. The lowest BCUT2D eigenvalue weighted by molar-refractivity contribution is 0.0990. The fourth-order valence-electron chi connectivity index (χ4n) is 1.71. The highest BCUT2D eigenvalue weighted by Crippen LogP contribution is 2.11. The van der Waals surface area contributed by atoms with Crippen molar-refractivity contribution in [3.63, 3.8) is 0 Å². The van der Waals surface area contributed by atoms with Gasteiger partial charge >= 0.3 is 0 Å². The van der Waals surface area contributed by atoms with E-state index in [2.05, 4.69) is 22.1 Å². The van der Waals surface area contributed by atoms with Crippen LogP contribution >= 0.6 is 0 Å². The molecule has 0 saturated carbocycles. The molecule has 0 amide bonds. The van der Waals surface area contributed by atoms with E-state index < -0.39 is 0 Å². The van der Waals surface area contributed by atoms with Crippen molar-refractivity contribution in [1.29, 1.82) is 0 Å². The summed E-state index contributed by atoms with van der Waals surface area (Å²) in [4.78, 5) is 16.1. The van der Waals surface area contributed by atoms with Crippen molar-refractivity contribution in [1.82, 2.24) is 19.7 Å². The number of nitrogens with one attached hydrogen (secondary N) is 1. The van der Waals surface area contributed by atoms with Crippen LogP contribution in [-0.2, 0) is 13.0 Å². The molecular formula is C11H15N5O. The number of nitrogens with two attached hydrogens (primary N) is 1. The molecule has 0 atom stereocenters. The molecule has 0 aromatic carbocycles. The van der Waals surface area contributed by atoms with Crippen LogP contribution in [0.5, 0.6) is 0 Å². The van der Waals surface area contributed by atoms with Gasteiger partial charge in [-0.1, -0.05) is 6.92 Å². The highest BCUT2D eigenvalue weighted by molar-refractivity contribution is 6.00. The van der Waals surface area contributed by atoms with E-state index in [0.29, 0.717) is 11.4 Å². The molecule has 2 aromatic heterocycles. The largest absolute Gasteiger partial charge is 0.383 e. The smallest absolute Gasteiger partial charge is 0.175 e. The fourth-order valence-corrected chi connectivity index (χ4v) is 1.71. The number of aryl methyl sites for hydroxylation is 1. The molecule has 0 aliphatic carbocycles. The summed E-state index contributed by atoms with van der Waals surface area (Å²) in [6, 6.07) is 0. The SMILES string of the molecule is CCCn1ccnc1CC(=O)c1cn[nH]c1N. The molecule has 3 N–H and O–H groups in total. The second-order valence-corrected chi connectivity index (χ2v) is 3.83. The van der Waals surface area contributed by atoms with Gasteiger partial charge in [0.1, 0.15) is 11.6 Å². The summed E-state index contributed by atoms with van der Waals surface area (Å²) in [5.74, 6) is 1.00. The summed E-state index contributed by atoms with van der Waals surface area (Å²) >= 11 is 0. The summed E-state index contributed by atoms with van der Waals surface area (Å²) in [5.41, 5.74) is 6.03. The fraction of sp³-hybridized carbons (Fsp3) is 0.364. The van der Waals surface area contributed by atoms with Gasteiger partial charge in [-0.25, -0.2) is 4.98 Å². The molecule has 0 fully saturated rings. The molecule has 90 valence electrons. The highest BCUT2D eigenvalue weighted by Gasteiger charge is 2.14. The number of anilines is 1. The number of hydrogen-bond donors (Lipinski definition) is 2. The van der Waals surface area contributed by atoms with Crippen LogP contribution in [0.25, 0.3) is 0 Å². The molecule has 6 heteroatoms. The Morgan fingerprint density at radius 1 is 1.59 bits per heavy atom. The minimum absolute atomic E-state index is 0.0696. The number of ketones is 1. The average molecular weight is 233 g/mol. The van der Waals surface area contributed by atoms with E-state index in [1.54, 1.807) is 6.20 Å². The first-order valence-corrected chi connectivity index (χ1v) is 5.54. The van der Waals surface area contributed by atoms with Gasteiger partial charge in [-0.15, -0.1) is 0 Å². The maximum Gasteiger partial charge on any atom is 0.175 e. The predicted octanol–water partition coefficient (Wildman–Crippen LogP) is 1.02. The topological polar surface area (TPSA) is 89.6 Å². The molecule has 0 aliphatic rings. The van der Waals surface area contributed by atoms with Crippen molar-refractivity contribution >= 4 is 11.6 Å². The molecule has 0 bridgehead atoms. The van der Waals surface area contributed by atoms with Gasteiger partial charge in [-0.2, -0.15) is 5.10 Å². The molecule has 0 saturated heterocycles. The summed E-state index contributed by atoms with van der Waals surface area (Å²) in [6.45, 7) is 2.95. The van der Waals surface area contributed by atoms with Crippen LogP contribution in [0.2, 0.25) is 0 Å². The number of rotatable bonds is 5. The Bertz CT molecular complexity index is 513. The number of hydrogen-bond acceptors (Lipinski definition) is 4. The van der Waals surface area contributed by atoms with Crippen molar-refractivity contribution in [2.24, 2.45) is 0 Å². The van der Waals surface area contributed by atoms with Gasteiger partial charge < -0.3 is 10.3 Å². The Labute approximate surface area is 98.9 Å². The quantitative estimate of drug-likeness (QED) is 0.754. The zero-order chi connectivity index (χ0) is 12.3. The maximum absolute atomic E-state index is 12.0. The Kier molecular flexibility index (Phi) is 3.22. The maximum atomic E-state index is 12.0. The Hall–Kier alpha value is -2.11. The van der Waals surface area contributed by atoms with Gasteiger partial charge in [0.05, 0.1) is 18.2 Å². The third kappa shape index (κ3) is 2.35. The molecule has 2 heterocycles. The molecule has 6 nitrogen and oxygen atoms in total. The van der Waals surface area contributed by atoms with Crippen molar-refractivity contribution in [2.75, 3.05) is 5.73 Å². The summed E-state index contributed by atoms with van der Waals surface area (Å²) in [5, 5.41) is 6.28. The van der Waals surface area contributed by atoms with Gasteiger partial charge in [0.2, 0.25) is 0 Å².